The molecule has 1 amide bonds. The fraction of sp³-hybridized carbons (Fsp3) is 0.318. The highest BCUT2D eigenvalue weighted by molar-refractivity contribution is 7.91. The van der Waals surface area contributed by atoms with E-state index in [1.165, 1.54) is 0 Å². The lowest BCUT2D eigenvalue weighted by Gasteiger charge is -2.29. The van der Waals surface area contributed by atoms with E-state index in [0.29, 0.717) is 11.4 Å². The summed E-state index contributed by atoms with van der Waals surface area (Å²) in [6, 6.07) is 12.9. The quantitative estimate of drug-likeness (QED) is 0.608. The third kappa shape index (κ3) is 4.33. The maximum Gasteiger partial charge on any atom is 0.227 e. The first kappa shape index (κ1) is 20.0. The molecule has 0 spiro atoms. The van der Waals surface area contributed by atoms with Gasteiger partial charge in [-0.15, -0.1) is 0 Å². The minimum atomic E-state index is -3.12. The molecule has 1 fully saturated rings. The summed E-state index contributed by atoms with van der Waals surface area (Å²) in [5.41, 5.74) is 3.43. The molecule has 1 aliphatic rings. The molecule has 1 aliphatic heterocycles. The third-order valence-electron chi connectivity index (χ3n) is 5.42. The van der Waals surface area contributed by atoms with Crippen LogP contribution in [0.3, 0.4) is 0 Å². The van der Waals surface area contributed by atoms with Crippen molar-refractivity contribution < 1.29 is 17.6 Å². The summed E-state index contributed by atoms with van der Waals surface area (Å²) in [5, 5.41) is 1.47. The van der Waals surface area contributed by atoms with E-state index in [1.54, 1.807) is 17.2 Å². The van der Waals surface area contributed by atoms with Crippen molar-refractivity contribution in [3.05, 3.63) is 70.4 Å². The Morgan fingerprint density at radius 3 is 2.72 bits per heavy atom. The predicted molar refractivity (Wildman–Crippen MR) is 114 cm³/mol. The van der Waals surface area contributed by atoms with Crippen LogP contribution in [-0.2, 0) is 27.6 Å². The number of sulfone groups is 1. The highest BCUT2D eigenvalue weighted by Crippen LogP contribution is 2.27. The lowest BCUT2D eigenvalue weighted by molar-refractivity contribution is -0.133. The molecule has 2 heterocycles. The van der Waals surface area contributed by atoms with E-state index < -0.39 is 9.84 Å². The zero-order valence-electron chi connectivity index (χ0n) is 16.1. The zero-order valence-corrected chi connectivity index (χ0v) is 17.7. The summed E-state index contributed by atoms with van der Waals surface area (Å²) >= 11 is 6.30. The molecule has 0 N–H and O–H groups in total. The van der Waals surface area contributed by atoms with Crippen LogP contribution in [-0.4, -0.2) is 36.8 Å². The Morgan fingerprint density at radius 1 is 1.21 bits per heavy atom. The average molecular weight is 432 g/mol. The van der Waals surface area contributed by atoms with Crippen LogP contribution in [0.25, 0.3) is 11.0 Å². The predicted octanol–water partition coefficient (Wildman–Crippen LogP) is 4.15. The molecule has 152 valence electrons. The van der Waals surface area contributed by atoms with Gasteiger partial charge in [0.1, 0.15) is 5.58 Å². The van der Waals surface area contributed by atoms with Crippen molar-refractivity contribution in [3.63, 3.8) is 0 Å². The number of fused-ring (bicyclic) bond motifs is 1. The van der Waals surface area contributed by atoms with Gasteiger partial charge in [0.2, 0.25) is 5.91 Å². The molecule has 3 aromatic rings. The van der Waals surface area contributed by atoms with E-state index in [4.69, 9.17) is 16.0 Å². The number of rotatable bonds is 5. The van der Waals surface area contributed by atoms with E-state index in [0.717, 1.165) is 27.7 Å². The van der Waals surface area contributed by atoms with Crippen molar-refractivity contribution in [1.82, 2.24) is 4.90 Å². The minimum absolute atomic E-state index is 0.00543. The SMILES string of the molecule is Cc1ccc2c(CC(=O)N(Cc3ccccc3Cl)[C@@H]3CCS(=O)(=O)C3)coc2c1. The number of furan rings is 1. The first-order valence-corrected chi connectivity index (χ1v) is 11.7. The van der Waals surface area contributed by atoms with Crippen molar-refractivity contribution in [2.75, 3.05) is 11.5 Å². The van der Waals surface area contributed by atoms with E-state index in [9.17, 15) is 13.2 Å². The summed E-state index contributed by atoms with van der Waals surface area (Å²) in [7, 11) is -3.12. The van der Waals surface area contributed by atoms with Crippen LogP contribution in [0.2, 0.25) is 5.02 Å². The summed E-state index contributed by atoms with van der Waals surface area (Å²) in [5.74, 6) is -0.0258. The highest BCUT2D eigenvalue weighted by Gasteiger charge is 2.35. The summed E-state index contributed by atoms with van der Waals surface area (Å²) in [6.07, 6.45) is 2.21. The molecule has 1 aromatic heterocycles. The lowest BCUT2D eigenvalue weighted by Crippen LogP contribution is -2.41. The van der Waals surface area contributed by atoms with Crippen LogP contribution < -0.4 is 0 Å². The number of hydrogen-bond donors (Lipinski definition) is 0. The molecule has 0 unspecified atom stereocenters. The van der Waals surface area contributed by atoms with Gasteiger partial charge in [0, 0.05) is 28.6 Å². The molecule has 29 heavy (non-hydrogen) atoms. The molecule has 4 rings (SSSR count). The molecule has 0 saturated carbocycles. The van der Waals surface area contributed by atoms with Crippen molar-refractivity contribution in [2.45, 2.75) is 32.4 Å². The van der Waals surface area contributed by atoms with Crippen LogP contribution in [0.15, 0.2) is 53.1 Å². The monoisotopic (exact) mass is 431 g/mol. The van der Waals surface area contributed by atoms with Gasteiger partial charge < -0.3 is 9.32 Å². The second kappa shape index (κ2) is 7.84. The Bertz CT molecular complexity index is 1170. The lowest BCUT2D eigenvalue weighted by atomic mass is 10.1. The number of hydrogen-bond acceptors (Lipinski definition) is 4. The van der Waals surface area contributed by atoms with Crippen LogP contribution in [0.4, 0.5) is 0 Å². The average Bonchev–Trinajstić information content (AvgIpc) is 3.23. The molecular weight excluding hydrogens is 410 g/mol. The van der Waals surface area contributed by atoms with Gasteiger partial charge in [-0.2, -0.15) is 0 Å². The molecular formula is C22H22ClNO4S. The normalized spacial score (nSPS) is 18.2. The minimum Gasteiger partial charge on any atom is -0.464 e. The number of halogens is 1. The van der Waals surface area contributed by atoms with Gasteiger partial charge in [0.05, 0.1) is 24.2 Å². The van der Waals surface area contributed by atoms with Gasteiger partial charge in [-0.25, -0.2) is 8.42 Å². The van der Waals surface area contributed by atoms with E-state index in [1.807, 2.05) is 43.3 Å². The van der Waals surface area contributed by atoms with Gasteiger partial charge in [-0.05, 0) is 36.6 Å². The fourth-order valence-electron chi connectivity index (χ4n) is 3.84. The van der Waals surface area contributed by atoms with Crippen molar-refractivity contribution in [2.24, 2.45) is 0 Å². The second-order valence-electron chi connectivity index (χ2n) is 7.61. The van der Waals surface area contributed by atoms with Gasteiger partial charge >= 0.3 is 0 Å². The van der Waals surface area contributed by atoms with Gasteiger partial charge in [-0.1, -0.05) is 41.9 Å². The maximum absolute atomic E-state index is 13.3. The first-order chi connectivity index (χ1) is 13.8. The largest absolute Gasteiger partial charge is 0.464 e. The molecule has 2 aromatic carbocycles. The molecule has 0 radical (unpaired) electrons. The summed E-state index contributed by atoms with van der Waals surface area (Å²) < 4.78 is 29.7. The van der Waals surface area contributed by atoms with E-state index in [2.05, 4.69) is 0 Å². The molecule has 7 heteroatoms. The van der Waals surface area contributed by atoms with E-state index in [-0.39, 0.29) is 36.4 Å². The Morgan fingerprint density at radius 2 is 2.00 bits per heavy atom. The molecule has 0 bridgehead atoms. The van der Waals surface area contributed by atoms with Crippen molar-refractivity contribution in [1.29, 1.82) is 0 Å². The Labute approximate surface area is 175 Å². The molecule has 1 atom stereocenters. The van der Waals surface area contributed by atoms with Crippen molar-refractivity contribution in [3.8, 4) is 0 Å². The maximum atomic E-state index is 13.3. The topological polar surface area (TPSA) is 67.6 Å². The number of aryl methyl sites for hydroxylation is 1. The number of nitrogens with zero attached hydrogens (tertiary/aromatic N) is 1. The number of benzene rings is 2. The van der Waals surface area contributed by atoms with E-state index >= 15 is 0 Å². The van der Waals surface area contributed by atoms with Crippen LogP contribution in [0.1, 0.15) is 23.1 Å². The number of carbonyl (C=O) groups excluding carboxylic acids is 1. The zero-order chi connectivity index (χ0) is 20.6. The first-order valence-electron chi connectivity index (χ1n) is 9.52. The standard InChI is InChI=1S/C22H22ClNO4S/c1-15-6-7-19-17(13-28-21(19)10-15)11-22(25)24(18-8-9-29(26,27)14-18)12-16-4-2-3-5-20(16)23/h2-7,10,13,18H,8-9,11-12,14H2,1H3/t18-/m1/s1. The number of amides is 1. The van der Waals surface area contributed by atoms with Gasteiger partial charge in [-0.3, -0.25) is 4.79 Å². The summed E-state index contributed by atoms with van der Waals surface area (Å²) in [4.78, 5) is 14.9. The smallest absolute Gasteiger partial charge is 0.227 e. The van der Waals surface area contributed by atoms with Crippen LogP contribution >= 0.6 is 11.6 Å². The fourth-order valence-corrected chi connectivity index (χ4v) is 5.77. The summed E-state index contributed by atoms with van der Waals surface area (Å²) in [6.45, 7) is 2.27. The Balaban J connectivity index is 1.62. The molecule has 0 aliphatic carbocycles. The third-order valence-corrected chi connectivity index (χ3v) is 7.54. The number of carbonyl (C=O) groups is 1. The van der Waals surface area contributed by atoms with Gasteiger partial charge in [0.15, 0.2) is 9.84 Å². The second-order valence-corrected chi connectivity index (χ2v) is 10.2. The van der Waals surface area contributed by atoms with Crippen molar-refractivity contribution >= 4 is 38.3 Å². The van der Waals surface area contributed by atoms with Crippen LogP contribution in [0.5, 0.6) is 0 Å². The molecule has 1 saturated heterocycles. The Hall–Kier alpha value is -2.31. The highest BCUT2D eigenvalue weighted by atomic mass is 35.5. The van der Waals surface area contributed by atoms with Crippen LogP contribution in [0, 0.1) is 6.92 Å². The molecule has 5 nitrogen and oxygen atoms in total. The Kier molecular flexibility index (Phi) is 5.40. The van der Waals surface area contributed by atoms with Gasteiger partial charge in [0.25, 0.3) is 0 Å².